The van der Waals surface area contributed by atoms with Crippen LogP contribution in [0.15, 0.2) is 24.3 Å². The van der Waals surface area contributed by atoms with Crippen molar-refractivity contribution in [2.24, 2.45) is 5.92 Å². The Morgan fingerprint density at radius 2 is 2.14 bits per heavy atom. The molecule has 76 valence electrons. The summed E-state index contributed by atoms with van der Waals surface area (Å²) in [4.78, 5) is 0. The van der Waals surface area contributed by atoms with E-state index in [0.717, 1.165) is 24.3 Å². The Morgan fingerprint density at radius 1 is 1.36 bits per heavy atom. The van der Waals surface area contributed by atoms with E-state index in [1.807, 2.05) is 0 Å². The molecule has 1 aromatic carbocycles. The minimum Gasteiger partial charge on any atom is -0.316 e. The number of hydrogen-bond acceptors (Lipinski definition) is 1. The van der Waals surface area contributed by atoms with E-state index in [4.69, 9.17) is 0 Å². The summed E-state index contributed by atoms with van der Waals surface area (Å²) in [5.41, 5.74) is 1.50. The first-order chi connectivity index (χ1) is 6.83. The number of hydrogen-bond donors (Lipinski definition) is 1. The van der Waals surface area contributed by atoms with Crippen LogP contribution in [0.3, 0.4) is 0 Å². The maximum absolute atomic E-state index is 3.60. The van der Waals surface area contributed by atoms with Gasteiger partial charge < -0.3 is 5.32 Å². The number of nitrogens with one attached hydrogen (secondary N) is 1. The van der Waals surface area contributed by atoms with Crippen molar-refractivity contribution in [2.45, 2.75) is 5.92 Å². The summed E-state index contributed by atoms with van der Waals surface area (Å²) < 4.78 is 1.39. The van der Waals surface area contributed by atoms with Crippen LogP contribution in [-0.4, -0.2) is 18.4 Å². The van der Waals surface area contributed by atoms with Crippen molar-refractivity contribution in [1.29, 1.82) is 0 Å². The SMILES string of the molecule is BrCC1CNCC1c1ccccc1I. The Hall–Kier alpha value is 0.390. The molecule has 2 unspecified atom stereocenters. The second-order valence-electron chi connectivity index (χ2n) is 3.70. The molecule has 1 aromatic rings. The number of halogens is 2. The Labute approximate surface area is 107 Å². The van der Waals surface area contributed by atoms with E-state index in [-0.39, 0.29) is 0 Å². The molecule has 0 aliphatic carbocycles. The van der Waals surface area contributed by atoms with E-state index in [2.05, 4.69) is 68.1 Å². The molecule has 0 bridgehead atoms. The van der Waals surface area contributed by atoms with Crippen LogP contribution in [0.1, 0.15) is 11.5 Å². The van der Waals surface area contributed by atoms with Gasteiger partial charge in [0, 0.05) is 21.4 Å². The topological polar surface area (TPSA) is 12.0 Å². The van der Waals surface area contributed by atoms with Gasteiger partial charge in [0.05, 0.1) is 0 Å². The van der Waals surface area contributed by atoms with Crippen molar-refractivity contribution in [3.05, 3.63) is 33.4 Å². The largest absolute Gasteiger partial charge is 0.316 e. The molecule has 1 fully saturated rings. The van der Waals surface area contributed by atoms with Crippen molar-refractivity contribution in [3.63, 3.8) is 0 Å². The van der Waals surface area contributed by atoms with E-state index in [9.17, 15) is 0 Å². The van der Waals surface area contributed by atoms with Gasteiger partial charge in [-0.2, -0.15) is 0 Å². The summed E-state index contributed by atoms with van der Waals surface area (Å²) in [7, 11) is 0. The average molecular weight is 366 g/mol. The van der Waals surface area contributed by atoms with E-state index in [0.29, 0.717) is 5.92 Å². The Balaban J connectivity index is 2.26. The molecule has 0 saturated carbocycles. The molecule has 1 nitrogen and oxygen atoms in total. The zero-order valence-corrected chi connectivity index (χ0v) is 11.6. The fourth-order valence-corrected chi connectivity index (χ4v) is 3.50. The monoisotopic (exact) mass is 365 g/mol. The lowest BCUT2D eigenvalue weighted by Crippen LogP contribution is -2.12. The van der Waals surface area contributed by atoms with Gasteiger partial charge in [-0.1, -0.05) is 34.1 Å². The van der Waals surface area contributed by atoms with Crippen LogP contribution in [0.4, 0.5) is 0 Å². The Bertz CT molecular complexity index is 316. The van der Waals surface area contributed by atoms with Crippen molar-refractivity contribution in [2.75, 3.05) is 18.4 Å². The summed E-state index contributed by atoms with van der Waals surface area (Å²) >= 11 is 6.03. The zero-order chi connectivity index (χ0) is 9.97. The molecule has 1 heterocycles. The second-order valence-corrected chi connectivity index (χ2v) is 5.51. The van der Waals surface area contributed by atoms with Gasteiger partial charge in [-0.25, -0.2) is 0 Å². The van der Waals surface area contributed by atoms with Gasteiger partial charge in [-0.05, 0) is 46.7 Å². The normalized spacial score (nSPS) is 26.7. The van der Waals surface area contributed by atoms with E-state index >= 15 is 0 Å². The first-order valence-corrected chi connectivity index (χ1v) is 7.04. The molecule has 1 saturated heterocycles. The minimum absolute atomic E-state index is 0.683. The Kier molecular flexibility index (Phi) is 3.85. The van der Waals surface area contributed by atoms with Crippen molar-refractivity contribution < 1.29 is 0 Å². The molecule has 14 heavy (non-hydrogen) atoms. The van der Waals surface area contributed by atoms with Gasteiger partial charge in [0.15, 0.2) is 0 Å². The molecule has 3 heteroatoms. The molecule has 1 N–H and O–H groups in total. The van der Waals surface area contributed by atoms with Crippen LogP contribution in [-0.2, 0) is 0 Å². The lowest BCUT2D eigenvalue weighted by molar-refractivity contribution is 0.583. The first-order valence-electron chi connectivity index (χ1n) is 4.84. The molecule has 1 aliphatic rings. The molecular formula is C11H13BrIN. The number of alkyl halides is 1. The van der Waals surface area contributed by atoms with Gasteiger partial charge in [0.2, 0.25) is 0 Å². The third kappa shape index (κ3) is 2.14. The smallest absolute Gasteiger partial charge is 0.0165 e. The van der Waals surface area contributed by atoms with Gasteiger partial charge in [0.1, 0.15) is 0 Å². The number of rotatable bonds is 2. The second kappa shape index (κ2) is 4.94. The highest BCUT2D eigenvalue weighted by Crippen LogP contribution is 2.31. The van der Waals surface area contributed by atoms with Crippen LogP contribution in [0.25, 0.3) is 0 Å². The maximum Gasteiger partial charge on any atom is 0.0165 e. The molecule has 1 aliphatic heterocycles. The molecule has 0 spiro atoms. The van der Waals surface area contributed by atoms with Gasteiger partial charge in [-0.15, -0.1) is 0 Å². The van der Waals surface area contributed by atoms with E-state index in [1.165, 1.54) is 9.13 Å². The van der Waals surface area contributed by atoms with Crippen LogP contribution in [0, 0.1) is 9.49 Å². The van der Waals surface area contributed by atoms with Crippen molar-refractivity contribution in [3.8, 4) is 0 Å². The van der Waals surface area contributed by atoms with Crippen LogP contribution in [0.5, 0.6) is 0 Å². The summed E-state index contributed by atoms with van der Waals surface area (Å²) in [6.45, 7) is 2.26. The van der Waals surface area contributed by atoms with Crippen molar-refractivity contribution in [1.82, 2.24) is 5.32 Å². The van der Waals surface area contributed by atoms with Crippen molar-refractivity contribution >= 4 is 38.5 Å². The summed E-state index contributed by atoms with van der Waals surface area (Å²) in [6.07, 6.45) is 0. The molecule has 0 amide bonds. The number of benzene rings is 1. The Morgan fingerprint density at radius 3 is 2.86 bits per heavy atom. The molecular weight excluding hydrogens is 353 g/mol. The van der Waals surface area contributed by atoms with Crippen LogP contribution in [0.2, 0.25) is 0 Å². The molecule has 0 radical (unpaired) electrons. The highest BCUT2D eigenvalue weighted by Gasteiger charge is 2.28. The maximum atomic E-state index is 3.60. The highest BCUT2D eigenvalue weighted by atomic mass is 127. The predicted octanol–water partition coefficient (Wildman–Crippen LogP) is 2.99. The highest BCUT2D eigenvalue weighted by molar-refractivity contribution is 14.1. The van der Waals surface area contributed by atoms with Crippen LogP contribution < -0.4 is 5.32 Å². The zero-order valence-electron chi connectivity index (χ0n) is 7.84. The van der Waals surface area contributed by atoms with Gasteiger partial charge >= 0.3 is 0 Å². The fourth-order valence-electron chi connectivity index (χ4n) is 2.03. The van der Waals surface area contributed by atoms with Gasteiger partial charge in [-0.3, -0.25) is 0 Å². The summed E-state index contributed by atoms with van der Waals surface area (Å²) in [5.74, 6) is 1.42. The third-order valence-corrected chi connectivity index (χ3v) is 4.66. The first kappa shape index (κ1) is 10.9. The van der Waals surface area contributed by atoms with E-state index < -0.39 is 0 Å². The summed E-state index contributed by atoms with van der Waals surface area (Å²) in [6, 6.07) is 8.70. The predicted molar refractivity (Wildman–Crippen MR) is 72.1 cm³/mol. The molecule has 0 aromatic heterocycles. The summed E-state index contributed by atoms with van der Waals surface area (Å²) in [5, 5.41) is 4.56. The lowest BCUT2D eigenvalue weighted by Gasteiger charge is -2.17. The van der Waals surface area contributed by atoms with E-state index in [1.54, 1.807) is 0 Å². The molecule has 2 atom stereocenters. The lowest BCUT2D eigenvalue weighted by atomic mass is 9.90. The third-order valence-electron chi connectivity index (χ3n) is 2.84. The average Bonchev–Trinajstić information content (AvgIpc) is 2.66. The molecule has 2 rings (SSSR count). The van der Waals surface area contributed by atoms with Crippen LogP contribution >= 0.6 is 38.5 Å². The quantitative estimate of drug-likeness (QED) is 0.627. The fraction of sp³-hybridized carbons (Fsp3) is 0.455. The van der Waals surface area contributed by atoms with Gasteiger partial charge in [0.25, 0.3) is 0 Å². The standard InChI is InChI=1S/C11H13BrIN/c12-5-8-6-14-7-10(8)9-3-1-2-4-11(9)13/h1-4,8,10,14H,5-7H2. The minimum atomic E-state index is 0.683.